The fraction of sp³-hybridized carbons (Fsp3) is 1.00. The molecule has 0 aromatic rings. The van der Waals surface area contributed by atoms with Gasteiger partial charge in [-0.05, 0) is 124 Å². The van der Waals surface area contributed by atoms with Crippen molar-refractivity contribution < 1.29 is 5.11 Å². The van der Waals surface area contributed by atoms with E-state index in [1.807, 2.05) is 11.9 Å². The molecule has 0 spiro atoms. The van der Waals surface area contributed by atoms with E-state index in [0.29, 0.717) is 10.8 Å². The molecule has 4 rings (SSSR count). The molecule has 4 aliphatic carbocycles. The van der Waals surface area contributed by atoms with Crippen LogP contribution in [0.2, 0.25) is 0 Å². The summed E-state index contributed by atoms with van der Waals surface area (Å²) < 4.78 is 0. The van der Waals surface area contributed by atoms with Gasteiger partial charge in [0, 0.05) is 0 Å². The number of hydrogen-bond donors (Lipinski definition) is 1. The molecule has 0 saturated heterocycles. The first-order valence-corrected chi connectivity index (χ1v) is 12.7. The van der Waals surface area contributed by atoms with Gasteiger partial charge in [-0.1, -0.05) is 33.6 Å². The van der Waals surface area contributed by atoms with Crippen LogP contribution in [0.25, 0.3) is 0 Å². The Morgan fingerprint density at radius 2 is 1.71 bits per heavy atom. The largest absolute Gasteiger partial charge is 0.381 e. The average Bonchev–Trinajstić information content (AvgIpc) is 3.04. The Morgan fingerprint density at radius 1 is 0.929 bits per heavy atom. The molecule has 0 aromatic heterocycles. The smallest absolute Gasteiger partial charge is 0.0954 e. The van der Waals surface area contributed by atoms with E-state index in [9.17, 15) is 5.11 Å². The summed E-state index contributed by atoms with van der Waals surface area (Å²) in [6.45, 7) is 9.20. The first kappa shape index (κ1) is 21.2. The third-order valence-corrected chi connectivity index (χ3v) is 10.8. The fourth-order valence-corrected chi connectivity index (χ4v) is 9.23. The third kappa shape index (κ3) is 3.49. The fourth-order valence-electron chi connectivity index (χ4n) is 9.23. The van der Waals surface area contributed by atoms with Gasteiger partial charge in [-0.25, -0.2) is 0 Å². The van der Waals surface area contributed by atoms with E-state index in [1.54, 1.807) is 6.42 Å². The van der Waals surface area contributed by atoms with Crippen molar-refractivity contribution in [3.05, 3.63) is 0 Å². The van der Waals surface area contributed by atoms with Gasteiger partial charge in [0.15, 0.2) is 0 Å². The van der Waals surface area contributed by atoms with Crippen molar-refractivity contribution in [1.29, 1.82) is 0 Å². The van der Waals surface area contributed by atoms with Crippen molar-refractivity contribution in [2.24, 2.45) is 46.3 Å². The van der Waals surface area contributed by atoms with Crippen LogP contribution in [-0.2, 0) is 0 Å². The van der Waals surface area contributed by atoms with Crippen LogP contribution in [0.5, 0.6) is 0 Å². The summed E-state index contributed by atoms with van der Waals surface area (Å²) in [5.41, 5.74) is 1.29. The van der Waals surface area contributed by atoms with Crippen LogP contribution in [0.15, 0.2) is 0 Å². The van der Waals surface area contributed by atoms with Gasteiger partial charge in [-0.15, -0.1) is 0 Å². The Kier molecular flexibility index (Phi) is 6.21. The number of hydrogen-bond acceptors (Lipinski definition) is 2. The second kappa shape index (κ2) is 8.22. The van der Waals surface area contributed by atoms with Gasteiger partial charge < -0.3 is 5.11 Å². The lowest BCUT2D eigenvalue weighted by Gasteiger charge is -2.61. The van der Waals surface area contributed by atoms with E-state index in [0.717, 1.165) is 42.1 Å². The summed E-state index contributed by atoms with van der Waals surface area (Å²) in [4.78, 5) is 2.04. The molecule has 4 saturated carbocycles. The Morgan fingerprint density at radius 3 is 2.50 bits per heavy atom. The number of aliphatic hydroxyl groups excluding tert-OH is 1. The van der Waals surface area contributed by atoms with E-state index in [-0.39, 0.29) is 6.73 Å². The topological polar surface area (TPSA) is 23.5 Å². The highest BCUT2D eigenvalue weighted by atomic mass is 16.3. The molecule has 0 heterocycles. The van der Waals surface area contributed by atoms with Crippen LogP contribution >= 0.6 is 0 Å². The number of aliphatic hydroxyl groups is 1. The number of nitrogens with zero attached hydrogens (tertiary/aromatic N) is 1. The molecule has 0 amide bonds. The summed E-state index contributed by atoms with van der Waals surface area (Å²) in [5, 5.41) is 9.25. The maximum atomic E-state index is 9.25. The van der Waals surface area contributed by atoms with E-state index < -0.39 is 0 Å². The lowest BCUT2D eigenvalue weighted by atomic mass is 9.44. The highest BCUT2D eigenvalue weighted by Gasteiger charge is 2.59. The molecule has 162 valence electrons. The summed E-state index contributed by atoms with van der Waals surface area (Å²) in [6, 6.07) is 0. The van der Waals surface area contributed by atoms with Crippen LogP contribution in [-0.4, -0.2) is 30.3 Å². The SMILES string of the molecule is C[C@H](CCCN(C)CO)[C@H]1CC[C@H]2[C@@H]3CCC4CCCC[C@]4(C)[C@H]3CC[C@]12C. The van der Waals surface area contributed by atoms with Gasteiger partial charge in [-0.2, -0.15) is 0 Å². The zero-order valence-corrected chi connectivity index (χ0v) is 19.3. The Balaban J connectivity index is 1.43. The molecule has 2 heteroatoms. The molecule has 28 heavy (non-hydrogen) atoms. The molecule has 1 N–H and O–H groups in total. The molecule has 4 fully saturated rings. The van der Waals surface area contributed by atoms with Crippen molar-refractivity contribution in [3.63, 3.8) is 0 Å². The molecule has 0 bridgehead atoms. The Labute approximate surface area is 174 Å². The van der Waals surface area contributed by atoms with Gasteiger partial charge in [0.1, 0.15) is 0 Å². The van der Waals surface area contributed by atoms with Crippen LogP contribution in [0.1, 0.15) is 97.8 Å². The zero-order valence-electron chi connectivity index (χ0n) is 19.3. The van der Waals surface area contributed by atoms with Crippen molar-refractivity contribution in [1.82, 2.24) is 4.90 Å². The summed E-state index contributed by atoms with van der Waals surface area (Å²) >= 11 is 0. The van der Waals surface area contributed by atoms with Crippen molar-refractivity contribution in [2.75, 3.05) is 20.3 Å². The first-order valence-electron chi connectivity index (χ1n) is 12.7. The van der Waals surface area contributed by atoms with Gasteiger partial charge in [0.2, 0.25) is 0 Å². The first-order chi connectivity index (χ1) is 13.4. The van der Waals surface area contributed by atoms with Crippen molar-refractivity contribution >= 4 is 0 Å². The molecule has 1 unspecified atom stereocenters. The predicted octanol–water partition coefficient (Wildman–Crippen LogP) is 6.33. The minimum absolute atomic E-state index is 0.195. The Bertz CT molecular complexity index is 535. The van der Waals surface area contributed by atoms with Gasteiger partial charge >= 0.3 is 0 Å². The molecule has 0 aromatic carbocycles. The molecule has 0 radical (unpaired) electrons. The van der Waals surface area contributed by atoms with Crippen molar-refractivity contribution in [3.8, 4) is 0 Å². The predicted molar refractivity (Wildman–Crippen MR) is 118 cm³/mol. The maximum absolute atomic E-state index is 9.25. The number of fused-ring (bicyclic) bond motifs is 5. The molecule has 0 aliphatic heterocycles. The highest BCUT2D eigenvalue weighted by Crippen LogP contribution is 2.68. The minimum atomic E-state index is 0.195. The van der Waals surface area contributed by atoms with E-state index in [2.05, 4.69) is 20.8 Å². The highest BCUT2D eigenvalue weighted by molar-refractivity contribution is 5.09. The molecule has 4 aliphatic rings. The number of rotatable bonds is 6. The quantitative estimate of drug-likeness (QED) is 0.536. The summed E-state index contributed by atoms with van der Waals surface area (Å²) in [7, 11) is 2.03. The minimum Gasteiger partial charge on any atom is -0.381 e. The molecule has 2 nitrogen and oxygen atoms in total. The third-order valence-electron chi connectivity index (χ3n) is 10.8. The van der Waals surface area contributed by atoms with E-state index >= 15 is 0 Å². The van der Waals surface area contributed by atoms with Crippen LogP contribution in [0.4, 0.5) is 0 Å². The van der Waals surface area contributed by atoms with E-state index in [4.69, 9.17) is 0 Å². The van der Waals surface area contributed by atoms with Gasteiger partial charge in [0.25, 0.3) is 0 Å². The second-order valence-corrected chi connectivity index (χ2v) is 12.0. The molecular weight excluding hydrogens is 342 g/mol. The van der Waals surface area contributed by atoms with Crippen LogP contribution in [0.3, 0.4) is 0 Å². The van der Waals surface area contributed by atoms with Crippen LogP contribution in [0, 0.1) is 46.3 Å². The lowest BCUT2D eigenvalue weighted by molar-refractivity contribution is -0.114. The maximum Gasteiger partial charge on any atom is 0.0954 e. The monoisotopic (exact) mass is 389 g/mol. The molecule has 8 atom stereocenters. The van der Waals surface area contributed by atoms with E-state index in [1.165, 1.54) is 70.6 Å². The summed E-state index contributed by atoms with van der Waals surface area (Å²) in [5.74, 6) is 5.92. The van der Waals surface area contributed by atoms with Crippen molar-refractivity contribution in [2.45, 2.75) is 97.8 Å². The molecular formula is C26H47NO. The zero-order chi connectivity index (χ0) is 19.9. The summed E-state index contributed by atoms with van der Waals surface area (Å²) in [6.07, 6.45) is 17.8. The van der Waals surface area contributed by atoms with Gasteiger partial charge in [0.05, 0.1) is 6.73 Å². The average molecular weight is 390 g/mol. The standard InChI is InChI=1S/C26H47NO/c1-19(8-7-17-27(4)18-28)22-12-13-23-21-11-10-20-9-5-6-15-25(20,2)24(21)14-16-26(22,23)3/h19-24,28H,5-18H2,1-4H3/t19-,20?,21+,22-,23+,24+,25+,26-/m1/s1. The Hall–Kier alpha value is -0.0800. The van der Waals surface area contributed by atoms with Gasteiger partial charge in [-0.3, -0.25) is 4.90 Å². The van der Waals surface area contributed by atoms with Crippen LogP contribution < -0.4 is 0 Å². The second-order valence-electron chi connectivity index (χ2n) is 12.0. The normalized spacial score (nSPS) is 46.7. The lowest BCUT2D eigenvalue weighted by Crippen LogP contribution is -2.53.